The molecule has 0 aliphatic heterocycles. The molecule has 3 rings (SSSR count). The quantitative estimate of drug-likeness (QED) is 0.905. The van der Waals surface area contributed by atoms with E-state index in [4.69, 9.17) is 9.47 Å². The number of methoxy groups -OCH3 is 2. The van der Waals surface area contributed by atoms with E-state index in [-0.39, 0.29) is 10.9 Å². The standard InChI is InChI=1S/C15H21NO4S/c1-19-14-6-5-12(9-15(14)20-2)21(17,18)16-13-8-10-3-4-11(13)7-10/h5-6,9-11,13,16H,3-4,7-8H2,1-2H3. The molecule has 1 N–H and O–H groups in total. The summed E-state index contributed by atoms with van der Waals surface area (Å²) in [5, 5.41) is 0. The lowest BCUT2D eigenvalue weighted by molar-refractivity contribution is 0.353. The molecule has 5 nitrogen and oxygen atoms in total. The molecule has 0 aromatic heterocycles. The first-order chi connectivity index (χ1) is 10.0. The zero-order valence-electron chi connectivity index (χ0n) is 12.3. The monoisotopic (exact) mass is 311 g/mol. The Labute approximate surface area is 125 Å². The van der Waals surface area contributed by atoms with Gasteiger partial charge in [-0.2, -0.15) is 0 Å². The lowest BCUT2D eigenvalue weighted by Crippen LogP contribution is -2.38. The van der Waals surface area contributed by atoms with Gasteiger partial charge in [0.1, 0.15) is 0 Å². The van der Waals surface area contributed by atoms with E-state index in [1.165, 1.54) is 33.1 Å². The van der Waals surface area contributed by atoms with Crippen LogP contribution in [0, 0.1) is 11.8 Å². The van der Waals surface area contributed by atoms with Crippen molar-refractivity contribution in [3.63, 3.8) is 0 Å². The molecule has 1 aromatic rings. The summed E-state index contributed by atoms with van der Waals surface area (Å²) in [4.78, 5) is 0.225. The molecule has 2 aliphatic rings. The van der Waals surface area contributed by atoms with E-state index in [9.17, 15) is 8.42 Å². The van der Waals surface area contributed by atoms with Gasteiger partial charge in [0, 0.05) is 12.1 Å². The van der Waals surface area contributed by atoms with Gasteiger partial charge in [0.25, 0.3) is 0 Å². The van der Waals surface area contributed by atoms with E-state index in [1.54, 1.807) is 12.1 Å². The molecule has 3 unspecified atom stereocenters. The summed E-state index contributed by atoms with van der Waals surface area (Å²) in [5.41, 5.74) is 0. The van der Waals surface area contributed by atoms with Crippen LogP contribution in [0.1, 0.15) is 25.7 Å². The molecule has 2 fully saturated rings. The Balaban J connectivity index is 1.81. The highest BCUT2D eigenvalue weighted by molar-refractivity contribution is 7.89. The zero-order chi connectivity index (χ0) is 15.0. The molecule has 0 spiro atoms. The number of nitrogens with one attached hydrogen (secondary N) is 1. The highest BCUT2D eigenvalue weighted by Crippen LogP contribution is 2.45. The van der Waals surface area contributed by atoms with Crippen molar-refractivity contribution in [1.29, 1.82) is 0 Å². The van der Waals surface area contributed by atoms with Crippen LogP contribution < -0.4 is 14.2 Å². The summed E-state index contributed by atoms with van der Waals surface area (Å²) < 4.78 is 38.2. The Morgan fingerprint density at radius 1 is 1.10 bits per heavy atom. The van der Waals surface area contributed by atoms with Crippen molar-refractivity contribution in [3.05, 3.63) is 18.2 Å². The topological polar surface area (TPSA) is 64.6 Å². The van der Waals surface area contributed by atoms with Gasteiger partial charge in [0.2, 0.25) is 10.0 Å². The van der Waals surface area contributed by atoms with E-state index < -0.39 is 10.0 Å². The minimum Gasteiger partial charge on any atom is -0.493 e. The maximum atomic E-state index is 12.5. The fourth-order valence-electron chi connectivity index (χ4n) is 3.64. The number of hydrogen-bond acceptors (Lipinski definition) is 4. The molecule has 21 heavy (non-hydrogen) atoms. The predicted molar refractivity (Wildman–Crippen MR) is 79.1 cm³/mol. The lowest BCUT2D eigenvalue weighted by Gasteiger charge is -2.23. The highest BCUT2D eigenvalue weighted by Gasteiger charge is 2.41. The van der Waals surface area contributed by atoms with Crippen molar-refractivity contribution in [3.8, 4) is 11.5 Å². The van der Waals surface area contributed by atoms with Crippen LogP contribution in [0.5, 0.6) is 11.5 Å². The fraction of sp³-hybridized carbons (Fsp3) is 0.600. The van der Waals surface area contributed by atoms with Crippen LogP contribution in [0.15, 0.2) is 23.1 Å². The van der Waals surface area contributed by atoms with Crippen molar-refractivity contribution in [1.82, 2.24) is 4.72 Å². The van der Waals surface area contributed by atoms with Crippen molar-refractivity contribution in [2.75, 3.05) is 14.2 Å². The normalized spacial score (nSPS) is 27.8. The van der Waals surface area contributed by atoms with Crippen LogP contribution in [0.4, 0.5) is 0 Å². The van der Waals surface area contributed by atoms with Crippen LogP contribution in [0.2, 0.25) is 0 Å². The summed E-state index contributed by atoms with van der Waals surface area (Å²) in [5.74, 6) is 2.16. The smallest absolute Gasteiger partial charge is 0.240 e. The zero-order valence-corrected chi connectivity index (χ0v) is 13.2. The molecule has 0 amide bonds. The summed E-state index contributed by atoms with van der Waals surface area (Å²) in [6, 6.07) is 4.77. The minimum atomic E-state index is -3.51. The highest BCUT2D eigenvalue weighted by atomic mass is 32.2. The van der Waals surface area contributed by atoms with Crippen LogP contribution in [-0.2, 0) is 10.0 Å². The van der Waals surface area contributed by atoms with Crippen LogP contribution in [-0.4, -0.2) is 28.7 Å². The number of hydrogen-bond donors (Lipinski definition) is 1. The van der Waals surface area contributed by atoms with Crippen LogP contribution in [0.3, 0.4) is 0 Å². The maximum absolute atomic E-state index is 12.5. The molecule has 0 heterocycles. The third-order valence-electron chi connectivity index (χ3n) is 4.71. The van der Waals surface area contributed by atoms with Gasteiger partial charge in [-0.1, -0.05) is 6.42 Å². The first kappa shape index (κ1) is 14.7. The van der Waals surface area contributed by atoms with Crippen LogP contribution in [0.25, 0.3) is 0 Å². The third kappa shape index (κ3) is 2.74. The molecule has 116 valence electrons. The number of ether oxygens (including phenoxy) is 2. The SMILES string of the molecule is COc1ccc(S(=O)(=O)NC2CC3CCC2C3)cc1OC. The van der Waals surface area contributed by atoms with Gasteiger partial charge in [0.05, 0.1) is 19.1 Å². The van der Waals surface area contributed by atoms with Crippen molar-refractivity contribution >= 4 is 10.0 Å². The van der Waals surface area contributed by atoms with Crippen molar-refractivity contribution in [2.45, 2.75) is 36.6 Å². The summed E-state index contributed by atoms with van der Waals surface area (Å²) in [6.45, 7) is 0. The van der Waals surface area contributed by atoms with Gasteiger partial charge in [-0.3, -0.25) is 0 Å². The number of benzene rings is 1. The largest absolute Gasteiger partial charge is 0.493 e. The number of fused-ring (bicyclic) bond motifs is 2. The van der Waals surface area contributed by atoms with E-state index in [0.29, 0.717) is 23.3 Å². The van der Waals surface area contributed by atoms with E-state index in [2.05, 4.69) is 4.72 Å². The second kappa shape index (κ2) is 5.50. The maximum Gasteiger partial charge on any atom is 0.240 e. The van der Waals surface area contributed by atoms with E-state index in [0.717, 1.165) is 12.8 Å². The fourth-order valence-corrected chi connectivity index (χ4v) is 4.97. The minimum absolute atomic E-state index is 0.0850. The second-order valence-corrected chi connectivity index (χ2v) is 7.63. The Kier molecular flexibility index (Phi) is 3.84. The van der Waals surface area contributed by atoms with Gasteiger partial charge < -0.3 is 9.47 Å². The average molecular weight is 311 g/mol. The van der Waals surface area contributed by atoms with Crippen LogP contribution >= 0.6 is 0 Å². The van der Waals surface area contributed by atoms with Crippen molar-refractivity contribution in [2.24, 2.45) is 11.8 Å². The molecule has 2 saturated carbocycles. The summed E-state index contributed by atoms with van der Waals surface area (Å²) in [7, 11) is -0.484. The average Bonchev–Trinajstić information content (AvgIpc) is 3.08. The first-order valence-corrected chi connectivity index (χ1v) is 8.76. The molecular weight excluding hydrogens is 290 g/mol. The van der Waals surface area contributed by atoms with Gasteiger partial charge >= 0.3 is 0 Å². The summed E-state index contributed by atoms with van der Waals surface area (Å²) >= 11 is 0. The molecule has 6 heteroatoms. The van der Waals surface area contributed by atoms with Crippen molar-refractivity contribution < 1.29 is 17.9 Å². The molecule has 1 aromatic carbocycles. The molecule has 0 saturated heterocycles. The third-order valence-corrected chi connectivity index (χ3v) is 6.20. The number of rotatable bonds is 5. The molecule has 3 atom stereocenters. The summed E-state index contributed by atoms with van der Waals surface area (Å²) in [6.07, 6.45) is 4.53. The molecule has 0 radical (unpaired) electrons. The predicted octanol–water partition coefficient (Wildman–Crippen LogP) is 2.17. The Morgan fingerprint density at radius 2 is 1.86 bits per heavy atom. The van der Waals surface area contributed by atoms with Gasteiger partial charge in [0.15, 0.2) is 11.5 Å². The molecule has 2 bridgehead atoms. The Morgan fingerprint density at radius 3 is 2.43 bits per heavy atom. The Bertz CT molecular complexity index is 629. The molecule has 2 aliphatic carbocycles. The number of sulfonamides is 1. The van der Waals surface area contributed by atoms with E-state index >= 15 is 0 Å². The lowest BCUT2D eigenvalue weighted by atomic mass is 9.96. The van der Waals surface area contributed by atoms with Gasteiger partial charge in [-0.25, -0.2) is 13.1 Å². The first-order valence-electron chi connectivity index (χ1n) is 7.28. The van der Waals surface area contributed by atoms with Gasteiger partial charge in [-0.05, 0) is 43.2 Å². The van der Waals surface area contributed by atoms with E-state index in [1.807, 2.05) is 0 Å². The molecular formula is C15H21NO4S. The van der Waals surface area contributed by atoms with Gasteiger partial charge in [-0.15, -0.1) is 0 Å². The Hall–Kier alpha value is -1.27. The second-order valence-electron chi connectivity index (χ2n) is 5.92.